The van der Waals surface area contributed by atoms with E-state index in [0.29, 0.717) is 34.4 Å². The molecule has 0 aliphatic heterocycles. The molecule has 2 aromatic carbocycles. The molecule has 2 rings (SSSR count). The molecule has 0 fully saturated rings. The Balaban J connectivity index is 0.000000553. The summed E-state index contributed by atoms with van der Waals surface area (Å²) in [4.78, 5) is 9.98. The third-order valence-corrected chi connectivity index (χ3v) is 4.36. The first-order valence-electron chi connectivity index (χ1n) is 8.88. The van der Waals surface area contributed by atoms with Crippen LogP contribution in [0.4, 0.5) is 5.69 Å². The molecule has 0 bridgehead atoms. The Kier molecular flexibility index (Phi) is 10.4. The molecule has 6 N–H and O–H groups in total. The maximum Gasteiger partial charge on any atom is 0.235 e. The molecule has 164 valence electrons. The van der Waals surface area contributed by atoms with E-state index in [4.69, 9.17) is 36.1 Å². The highest BCUT2D eigenvalue weighted by Crippen LogP contribution is 2.38. The van der Waals surface area contributed by atoms with Gasteiger partial charge in [0.05, 0.1) is 40.2 Å². The number of thiol groups is 1. The third kappa shape index (κ3) is 7.09. The lowest BCUT2D eigenvalue weighted by Crippen LogP contribution is -2.37. The summed E-state index contributed by atoms with van der Waals surface area (Å²) in [5.41, 5.74) is 18.2. The number of nitrogens with two attached hydrogens (primary N) is 3. The predicted octanol–water partition coefficient (Wildman–Crippen LogP) is 2.20. The predicted molar refractivity (Wildman–Crippen MR) is 123 cm³/mol. The number of hydrogen-bond acceptors (Lipinski definition) is 8. The molecule has 1 atom stereocenters. The molecule has 2 aromatic rings. The second-order valence-electron chi connectivity index (χ2n) is 5.98. The van der Waals surface area contributed by atoms with Crippen LogP contribution < -0.4 is 36.1 Å². The zero-order valence-corrected chi connectivity index (χ0v) is 18.4. The number of anilines is 1. The monoisotopic (exact) mass is 435 g/mol. The quantitative estimate of drug-likeness (QED) is 0.284. The van der Waals surface area contributed by atoms with Crippen LogP contribution in [0, 0.1) is 0 Å². The van der Waals surface area contributed by atoms with Crippen LogP contribution in [-0.2, 0) is 4.79 Å². The maximum atomic E-state index is 9.98. The Bertz CT molecular complexity index is 849. The van der Waals surface area contributed by atoms with Crippen molar-refractivity contribution in [1.82, 2.24) is 0 Å². The smallest absolute Gasteiger partial charge is 0.235 e. The SMILES string of the molecule is COc1ccc(C=Cc2cc(OC)c(OC)c(OC)c2)cc1N.NC(=O)[C@@H](N)CS. The van der Waals surface area contributed by atoms with E-state index in [1.807, 2.05) is 42.5 Å². The van der Waals surface area contributed by atoms with E-state index in [1.54, 1.807) is 28.4 Å². The number of rotatable bonds is 8. The summed E-state index contributed by atoms with van der Waals surface area (Å²) in [5.74, 6) is 2.27. The summed E-state index contributed by atoms with van der Waals surface area (Å²) in [6, 6.07) is 8.79. The molecular weight excluding hydrogens is 406 g/mol. The van der Waals surface area contributed by atoms with Crippen LogP contribution in [0.5, 0.6) is 23.0 Å². The van der Waals surface area contributed by atoms with Crippen LogP contribution in [0.25, 0.3) is 12.2 Å². The number of amides is 1. The normalized spacial score (nSPS) is 11.3. The highest BCUT2D eigenvalue weighted by molar-refractivity contribution is 7.80. The number of methoxy groups -OCH3 is 4. The molecule has 0 unspecified atom stereocenters. The number of ether oxygens (including phenoxy) is 4. The van der Waals surface area contributed by atoms with Crippen molar-refractivity contribution in [1.29, 1.82) is 0 Å². The lowest BCUT2D eigenvalue weighted by Gasteiger charge is -2.12. The Hall–Kier alpha value is -3.04. The largest absolute Gasteiger partial charge is 0.495 e. The number of primary amides is 1. The fourth-order valence-electron chi connectivity index (χ4n) is 2.34. The van der Waals surface area contributed by atoms with E-state index >= 15 is 0 Å². The first-order chi connectivity index (χ1) is 14.3. The number of carbonyl (C=O) groups is 1. The van der Waals surface area contributed by atoms with Gasteiger partial charge in [-0.15, -0.1) is 0 Å². The van der Waals surface area contributed by atoms with Gasteiger partial charge in [0.15, 0.2) is 11.5 Å². The van der Waals surface area contributed by atoms with Crippen molar-refractivity contribution < 1.29 is 23.7 Å². The fraction of sp³-hybridized carbons (Fsp3) is 0.286. The highest BCUT2D eigenvalue weighted by Gasteiger charge is 2.12. The molecule has 0 aliphatic carbocycles. The number of carbonyl (C=O) groups excluding carboxylic acids is 1. The second-order valence-corrected chi connectivity index (χ2v) is 6.35. The minimum absolute atomic E-state index is 0.315. The van der Waals surface area contributed by atoms with Crippen LogP contribution in [0.2, 0.25) is 0 Å². The molecule has 0 saturated heterocycles. The van der Waals surface area contributed by atoms with Gasteiger partial charge in [-0.05, 0) is 35.4 Å². The van der Waals surface area contributed by atoms with Crippen molar-refractivity contribution >= 4 is 36.4 Å². The summed E-state index contributed by atoms with van der Waals surface area (Å²) in [6.45, 7) is 0. The first-order valence-corrected chi connectivity index (χ1v) is 9.51. The van der Waals surface area contributed by atoms with Crippen molar-refractivity contribution in [3.05, 3.63) is 41.5 Å². The molecule has 0 spiro atoms. The lowest BCUT2D eigenvalue weighted by molar-refractivity contribution is -0.118. The molecule has 9 heteroatoms. The average Bonchev–Trinajstić information content (AvgIpc) is 2.76. The minimum Gasteiger partial charge on any atom is -0.495 e. The summed E-state index contributed by atoms with van der Waals surface area (Å²) >= 11 is 3.73. The standard InChI is InChI=1S/C18H21NO4.C3H8N2OS/c1-20-15-8-7-12(9-14(15)19)5-6-13-10-16(21-2)18(23-4)17(11-13)22-3;4-2(1-7)3(5)6/h5-11H,19H2,1-4H3;2,7H,1,4H2,(H2,5,6)/t;2-/m.0/s1. The van der Waals surface area contributed by atoms with Crippen LogP contribution in [0.15, 0.2) is 30.3 Å². The van der Waals surface area contributed by atoms with Crippen molar-refractivity contribution in [2.24, 2.45) is 11.5 Å². The van der Waals surface area contributed by atoms with E-state index < -0.39 is 11.9 Å². The van der Waals surface area contributed by atoms with Gasteiger partial charge in [0, 0.05) is 5.75 Å². The van der Waals surface area contributed by atoms with Gasteiger partial charge in [-0.3, -0.25) is 4.79 Å². The molecule has 0 radical (unpaired) electrons. The molecule has 0 heterocycles. The van der Waals surface area contributed by atoms with Crippen molar-refractivity contribution in [2.45, 2.75) is 6.04 Å². The summed E-state index contributed by atoms with van der Waals surface area (Å²) in [6.07, 6.45) is 3.90. The van der Waals surface area contributed by atoms with Crippen molar-refractivity contribution in [2.75, 3.05) is 39.9 Å². The minimum atomic E-state index is -0.594. The molecule has 0 saturated carbocycles. The van der Waals surface area contributed by atoms with Gasteiger partial charge < -0.3 is 36.1 Å². The van der Waals surface area contributed by atoms with Crippen LogP contribution in [0.1, 0.15) is 11.1 Å². The van der Waals surface area contributed by atoms with Gasteiger partial charge in [0.1, 0.15) is 5.75 Å². The maximum absolute atomic E-state index is 9.98. The van der Waals surface area contributed by atoms with E-state index in [0.717, 1.165) is 11.1 Å². The van der Waals surface area contributed by atoms with E-state index in [-0.39, 0.29) is 0 Å². The Morgan fingerprint density at radius 2 is 1.47 bits per heavy atom. The van der Waals surface area contributed by atoms with Gasteiger partial charge in [0.2, 0.25) is 11.7 Å². The highest BCUT2D eigenvalue weighted by atomic mass is 32.1. The summed E-state index contributed by atoms with van der Waals surface area (Å²) < 4.78 is 21.2. The van der Waals surface area contributed by atoms with Gasteiger partial charge in [0.25, 0.3) is 0 Å². The molecule has 0 aliphatic rings. The van der Waals surface area contributed by atoms with Gasteiger partial charge in [-0.1, -0.05) is 18.2 Å². The van der Waals surface area contributed by atoms with E-state index in [2.05, 4.69) is 12.6 Å². The molecule has 0 aromatic heterocycles. The molecule has 8 nitrogen and oxygen atoms in total. The van der Waals surface area contributed by atoms with Gasteiger partial charge in [-0.25, -0.2) is 0 Å². The molecule has 1 amide bonds. The summed E-state index contributed by atoms with van der Waals surface area (Å²) in [7, 11) is 6.36. The number of nitrogen functional groups attached to an aromatic ring is 1. The van der Waals surface area contributed by atoms with Crippen LogP contribution in [0.3, 0.4) is 0 Å². The first kappa shape index (κ1) is 25.0. The zero-order chi connectivity index (χ0) is 22.7. The molecule has 30 heavy (non-hydrogen) atoms. The zero-order valence-electron chi connectivity index (χ0n) is 17.5. The topological polar surface area (TPSA) is 132 Å². The van der Waals surface area contributed by atoms with E-state index in [1.165, 1.54) is 0 Å². The number of benzene rings is 2. The number of hydrogen-bond donors (Lipinski definition) is 4. The van der Waals surface area contributed by atoms with Crippen molar-refractivity contribution in [3.63, 3.8) is 0 Å². The van der Waals surface area contributed by atoms with Gasteiger partial charge in [-0.2, -0.15) is 12.6 Å². The van der Waals surface area contributed by atoms with E-state index in [9.17, 15) is 4.79 Å². The van der Waals surface area contributed by atoms with Crippen LogP contribution in [-0.4, -0.2) is 46.1 Å². The van der Waals surface area contributed by atoms with Crippen molar-refractivity contribution in [3.8, 4) is 23.0 Å². The van der Waals surface area contributed by atoms with Crippen LogP contribution >= 0.6 is 12.6 Å². The average molecular weight is 436 g/mol. The van der Waals surface area contributed by atoms with Gasteiger partial charge >= 0.3 is 0 Å². The third-order valence-electron chi connectivity index (χ3n) is 3.97. The lowest BCUT2D eigenvalue weighted by atomic mass is 10.1. The molecular formula is C21H29N3O5S. The Morgan fingerprint density at radius 1 is 0.933 bits per heavy atom. The Labute approximate surface area is 182 Å². The fourth-order valence-corrected chi connectivity index (χ4v) is 2.52. The Morgan fingerprint density at radius 3 is 1.83 bits per heavy atom. The summed E-state index contributed by atoms with van der Waals surface area (Å²) in [5, 5.41) is 0. The second kappa shape index (κ2) is 12.5.